The molecular weight excluding hydrogens is 332 g/mol. The van der Waals surface area contributed by atoms with Gasteiger partial charge in [0.1, 0.15) is 0 Å². The normalized spacial score (nSPS) is 16.2. The minimum Gasteiger partial charge on any atom is -0.268 e. The summed E-state index contributed by atoms with van der Waals surface area (Å²) in [6.07, 6.45) is 1.76. The Morgan fingerprint density at radius 1 is 1.13 bits per heavy atom. The number of benzene rings is 2. The van der Waals surface area contributed by atoms with E-state index in [1.807, 2.05) is 30.3 Å². The molecular formula is C16H10N2O3S2. The van der Waals surface area contributed by atoms with Gasteiger partial charge >= 0.3 is 0 Å². The second-order valence-corrected chi connectivity index (χ2v) is 6.38. The van der Waals surface area contributed by atoms with Crippen molar-refractivity contribution in [3.8, 4) is 0 Å². The van der Waals surface area contributed by atoms with Gasteiger partial charge in [0.15, 0.2) is 4.32 Å². The van der Waals surface area contributed by atoms with Gasteiger partial charge in [-0.05, 0) is 17.7 Å². The number of nitro groups is 1. The second-order valence-electron chi connectivity index (χ2n) is 4.70. The average molecular weight is 342 g/mol. The Bertz CT molecular complexity index is 834. The van der Waals surface area contributed by atoms with E-state index in [1.54, 1.807) is 12.1 Å². The number of hydrogen-bond acceptors (Lipinski definition) is 5. The monoisotopic (exact) mass is 342 g/mol. The average Bonchev–Trinajstić information content (AvgIpc) is 2.82. The molecule has 0 spiro atoms. The SMILES string of the molecule is O=C1/C(=C\c2ccccc2)SC(=S)N1c1cccc([N+](=O)[O-])c1. The molecule has 0 N–H and O–H groups in total. The van der Waals surface area contributed by atoms with E-state index in [-0.39, 0.29) is 11.6 Å². The Balaban J connectivity index is 1.95. The van der Waals surface area contributed by atoms with Crippen molar-refractivity contribution in [2.45, 2.75) is 0 Å². The third kappa shape index (κ3) is 3.15. The highest BCUT2D eigenvalue weighted by Gasteiger charge is 2.33. The van der Waals surface area contributed by atoms with Gasteiger partial charge in [0.25, 0.3) is 11.6 Å². The molecule has 0 aliphatic carbocycles. The maximum absolute atomic E-state index is 12.6. The number of rotatable bonds is 3. The van der Waals surface area contributed by atoms with Crippen LogP contribution in [0.5, 0.6) is 0 Å². The maximum atomic E-state index is 12.6. The minimum atomic E-state index is -0.499. The molecule has 0 aromatic heterocycles. The van der Waals surface area contributed by atoms with Crippen LogP contribution in [-0.4, -0.2) is 15.2 Å². The number of hydrogen-bond donors (Lipinski definition) is 0. The quantitative estimate of drug-likeness (QED) is 0.365. The van der Waals surface area contributed by atoms with Crippen molar-refractivity contribution in [2.24, 2.45) is 0 Å². The summed E-state index contributed by atoms with van der Waals surface area (Å²) in [6.45, 7) is 0. The van der Waals surface area contributed by atoms with Gasteiger partial charge in [-0.15, -0.1) is 0 Å². The molecule has 0 atom stereocenters. The van der Waals surface area contributed by atoms with E-state index in [2.05, 4.69) is 0 Å². The third-order valence-electron chi connectivity index (χ3n) is 3.19. The fourth-order valence-electron chi connectivity index (χ4n) is 2.14. The van der Waals surface area contributed by atoms with Gasteiger partial charge < -0.3 is 0 Å². The predicted molar refractivity (Wildman–Crippen MR) is 95.2 cm³/mol. The minimum absolute atomic E-state index is 0.0800. The van der Waals surface area contributed by atoms with Crippen molar-refractivity contribution in [2.75, 3.05) is 4.90 Å². The summed E-state index contributed by atoms with van der Waals surface area (Å²) < 4.78 is 0.359. The molecule has 2 aromatic carbocycles. The fourth-order valence-corrected chi connectivity index (χ4v) is 3.44. The molecule has 1 amide bonds. The molecule has 1 heterocycles. The maximum Gasteiger partial charge on any atom is 0.271 e. The van der Waals surface area contributed by atoms with E-state index < -0.39 is 4.92 Å². The molecule has 0 unspecified atom stereocenters. The number of thiocarbonyl (C=S) groups is 1. The molecule has 23 heavy (non-hydrogen) atoms. The fraction of sp³-hybridized carbons (Fsp3) is 0. The van der Waals surface area contributed by atoms with Crippen molar-refractivity contribution in [3.05, 3.63) is 75.2 Å². The number of nitro benzene ring substituents is 1. The van der Waals surface area contributed by atoms with Crippen LogP contribution in [0.15, 0.2) is 59.5 Å². The molecule has 1 aliphatic heterocycles. The van der Waals surface area contributed by atoms with Crippen LogP contribution in [0.4, 0.5) is 11.4 Å². The van der Waals surface area contributed by atoms with E-state index in [9.17, 15) is 14.9 Å². The van der Waals surface area contributed by atoms with E-state index >= 15 is 0 Å². The summed E-state index contributed by atoms with van der Waals surface area (Å²) >= 11 is 6.44. The number of amides is 1. The van der Waals surface area contributed by atoms with E-state index in [1.165, 1.54) is 34.9 Å². The first-order valence-corrected chi connectivity index (χ1v) is 7.86. The van der Waals surface area contributed by atoms with Crippen LogP contribution < -0.4 is 4.90 Å². The van der Waals surface area contributed by atoms with Gasteiger partial charge in [0.05, 0.1) is 15.5 Å². The lowest BCUT2D eigenvalue weighted by molar-refractivity contribution is -0.384. The van der Waals surface area contributed by atoms with Gasteiger partial charge in [0, 0.05) is 12.1 Å². The van der Waals surface area contributed by atoms with E-state index in [4.69, 9.17) is 12.2 Å². The number of non-ortho nitro benzene ring substituents is 1. The molecule has 0 radical (unpaired) electrons. The van der Waals surface area contributed by atoms with Crippen LogP contribution in [0.3, 0.4) is 0 Å². The summed E-state index contributed by atoms with van der Waals surface area (Å²) in [5.74, 6) is -0.274. The van der Waals surface area contributed by atoms with Crippen molar-refractivity contribution >= 4 is 51.7 Å². The zero-order chi connectivity index (χ0) is 16.4. The van der Waals surface area contributed by atoms with Crippen molar-refractivity contribution in [1.82, 2.24) is 0 Å². The summed E-state index contributed by atoms with van der Waals surface area (Å²) in [5, 5.41) is 10.9. The van der Waals surface area contributed by atoms with E-state index in [0.717, 1.165) is 5.56 Å². The van der Waals surface area contributed by atoms with Crippen molar-refractivity contribution in [1.29, 1.82) is 0 Å². The molecule has 2 aromatic rings. The molecule has 0 bridgehead atoms. The summed E-state index contributed by atoms with van der Waals surface area (Å²) in [5.41, 5.74) is 1.22. The van der Waals surface area contributed by atoms with Crippen LogP contribution >= 0.6 is 24.0 Å². The summed E-state index contributed by atoms with van der Waals surface area (Å²) in [6, 6.07) is 15.3. The predicted octanol–water partition coefficient (Wildman–Crippen LogP) is 4.00. The zero-order valence-electron chi connectivity index (χ0n) is 11.7. The summed E-state index contributed by atoms with van der Waals surface area (Å²) in [4.78, 5) is 24.8. The van der Waals surface area contributed by atoms with E-state index in [0.29, 0.717) is 14.9 Å². The third-order valence-corrected chi connectivity index (χ3v) is 4.49. The summed E-state index contributed by atoms with van der Waals surface area (Å²) in [7, 11) is 0. The van der Waals surface area contributed by atoms with Gasteiger partial charge in [-0.25, -0.2) is 0 Å². The first-order valence-electron chi connectivity index (χ1n) is 6.64. The molecule has 1 saturated heterocycles. The zero-order valence-corrected chi connectivity index (χ0v) is 13.3. The van der Waals surface area contributed by atoms with Crippen LogP contribution in [-0.2, 0) is 4.79 Å². The van der Waals surface area contributed by atoms with Crippen LogP contribution in [0, 0.1) is 10.1 Å². The van der Waals surface area contributed by atoms with Crippen LogP contribution in [0.1, 0.15) is 5.56 Å². The molecule has 1 fully saturated rings. The van der Waals surface area contributed by atoms with Gasteiger partial charge in [0.2, 0.25) is 0 Å². The molecule has 114 valence electrons. The lowest BCUT2D eigenvalue weighted by atomic mass is 10.2. The Morgan fingerprint density at radius 3 is 2.57 bits per heavy atom. The highest BCUT2D eigenvalue weighted by molar-refractivity contribution is 8.27. The molecule has 5 nitrogen and oxygen atoms in total. The van der Waals surface area contributed by atoms with Crippen molar-refractivity contribution < 1.29 is 9.72 Å². The largest absolute Gasteiger partial charge is 0.271 e. The standard InChI is InChI=1S/C16H10N2O3S2/c19-15-14(9-11-5-2-1-3-6-11)23-16(22)17(15)12-7-4-8-13(10-12)18(20)21/h1-10H/b14-9+. The molecule has 1 aliphatic rings. The number of anilines is 1. The molecule has 7 heteroatoms. The highest BCUT2D eigenvalue weighted by Crippen LogP contribution is 2.36. The second kappa shape index (κ2) is 6.31. The molecule has 0 saturated carbocycles. The number of carbonyl (C=O) groups is 1. The highest BCUT2D eigenvalue weighted by atomic mass is 32.2. The Kier molecular flexibility index (Phi) is 4.22. The number of carbonyl (C=O) groups excluding carboxylic acids is 1. The topological polar surface area (TPSA) is 63.5 Å². The first-order chi connectivity index (χ1) is 11.1. The van der Waals surface area contributed by atoms with Crippen molar-refractivity contribution in [3.63, 3.8) is 0 Å². The van der Waals surface area contributed by atoms with Gasteiger partial charge in [-0.2, -0.15) is 0 Å². The van der Waals surface area contributed by atoms with Crippen LogP contribution in [0.25, 0.3) is 6.08 Å². The lowest BCUT2D eigenvalue weighted by Gasteiger charge is -2.13. The Hall–Kier alpha value is -2.51. The van der Waals surface area contributed by atoms with Gasteiger partial charge in [-0.3, -0.25) is 19.8 Å². The number of thioether (sulfide) groups is 1. The lowest BCUT2D eigenvalue weighted by Crippen LogP contribution is -2.27. The van der Waals surface area contributed by atoms with Crippen LogP contribution in [0.2, 0.25) is 0 Å². The smallest absolute Gasteiger partial charge is 0.268 e. The number of nitrogens with zero attached hydrogens (tertiary/aromatic N) is 2. The Morgan fingerprint density at radius 2 is 1.87 bits per heavy atom. The first kappa shape index (κ1) is 15.4. The Labute approximate surface area is 141 Å². The molecule has 3 rings (SSSR count). The van der Waals surface area contributed by atoms with Gasteiger partial charge in [-0.1, -0.05) is 60.4 Å².